The third kappa shape index (κ3) is 4.01. The fourth-order valence-electron chi connectivity index (χ4n) is 2.49. The Morgan fingerprint density at radius 2 is 1.83 bits per heavy atom. The molecule has 18 heavy (non-hydrogen) atoms. The summed E-state index contributed by atoms with van der Waals surface area (Å²) in [6.45, 7) is 1.44. The fourth-order valence-corrected chi connectivity index (χ4v) is 2.49. The molecule has 0 heterocycles. The molecular weight excluding hydrogens is 240 g/mol. The summed E-state index contributed by atoms with van der Waals surface area (Å²) in [7, 11) is 0. The number of hydrogen-bond acceptors (Lipinski definition) is 4. The molecule has 1 rings (SSSR count). The van der Waals surface area contributed by atoms with E-state index >= 15 is 0 Å². The van der Waals surface area contributed by atoms with E-state index in [9.17, 15) is 14.4 Å². The molecule has 102 valence electrons. The summed E-state index contributed by atoms with van der Waals surface area (Å²) in [5.74, 6) is -3.44. The lowest BCUT2D eigenvalue weighted by molar-refractivity contribution is -0.152. The van der Waals surface area contributed by atoms with E-state index in [0.717, 1.165) is 0 Å². The quantitative estimate of drug-likeness (QED) is 0.717. The van der Waals surface area contributed by atoms with Crippen molar-refractivity contribution in [2.24, 2.45) is 17.8 Å². The number of carbonyl (C=O) groups is 3. The molecule has 3 atom stereocenters. The molecule has 0 aromatic carbocycles. The van der Waals surface area contributed by atoms with Gasteiger partial charge < -0.3 is 14.9 Å². The molecule has 2 N–H and O–H groups in total. The monoisotopic (exact) mass is 258 g/mol. The van der Waals surface area contributed by atoms with Crippen molar-refractivity contribution in [3.63, 3.8) is 0 Å². The Bertz CT molecular complexity index is 337. The molecular formula is C12H18O6. The standard InChI is InChI=1S/C12H18O6/c1-7(13)18-5-4-8-6-9(11(14)15)2-3-10(8)12(16)17/h8-10H,2-6H2,1H3,(H,14,15)(H,16,17). The van der Waals surface area contributed by atoms with Crippen LogP contribution in [0.4, 0.5) is 0 Å². The third-order valence-corrected chi connectivity index (χ3v) is 3.44. The van der Waals surface area contributed by atoms with Crippen LogP contribution >= 0.6 is 0 Å². The largest absolute Gasteiger partial charge is 0.481 e. The first kappa shape index (κ1) is 14.5. The first-order valence-corrected chi connectivity index (χ1v) is 6.00. The smallest absolute Gasteiger partial charge is 0.306 e. The number of ether oxygens (including phenoxy) is 1. The minimum absolute atomic E-state index is 0.149. The number of carboxylic acid groups (broad SMARTS) is 2. The number of carboxylic acids is 2. The van der Waals surface area contributed by atoms with E-state index in [0.29, 0.717) is 25.7 Å². The van der Waals surface area contributed by atoms with E-state index in [4.69, 9.17) is 14.9 Å². The van der Waals surface area contributed by atoms with Gasteiger partial charge in [-0.2, -0.15) is 0 Å². The molecule has 0 amide bonds. The lowest BCUT2D eigenvalue weighted by atomic mass is 9.73. The van der Waals surface area contributed by atoms with Crippen molar-refractivity contribution in [1.82, 2.24) is 0 Å². The highest BCUT2D eigenvalue weighted by Gasteiger charge is 2.37. The zero-order chi connectivity index (χ0) is 13.7. The molecule has 3 unspecified atom stereocenters. The van der Waals surface area contributed by atoms with Crippen molar-refractivity contribution >= 4 is 17.9 Å². The highest BCUT2D eigenvalue weighted by atomic mass is 16.5. The Hall–Kier alpha value is -1.59. The first-order chi connectivity index (χ1) is 8.41. The van der Waals surface area contributed by atoms with E-state index in [2.05, 4.69) is 0 Å². The SMILES string of the molecule is CC(=O)OCCC1CC(C(=O)O)CCC1C(=O)O. The Balaban J connectivity index is 2.57. The Kier molecular flexibility index (Phi) is 5.12. The molecule has 6 heteroatoms. The summed E-state index contributed by atoms with van der Waals surface area (Å²) in [4.78, 5) is 32.6. The Morgan fingerprint density at radius 1 is 1.17 bits per heavy atom. The second-order valence-corrected chi connectivity index (χ2v) is 4.68. The van der Waals surface area contributed by atoms with Crippen molar-refractivity contribution in [3.8, 4) is 0 Å². The van der Waals surface area contributed by atoms with Gasteiger partial charge in [0.2, 0.25) is 0 Å². The molecule has 1 aliphatic carbocycles. The average Bonchev–Trinajstić information content (AvgIpc) is 2.27. The maximum Gasteiger partial charge on any atom is 0.306 e. The highest BCUT2D eigenvalue weighted by Crippen LogP contribution is 2.36. The van der Waals surface area contributed by atoms with Crippen molar-refractivity contribution in [1.29, 1.82) is 0 Å². The summed E-state index contributed by atoms with van der Waals surface area (Å²) in [6, 6.07) is 0. The summed E-state index contributed by atoms with van der Waals surface area (Å²) in [6.07, 6.45) is 1.52. The maximum absolute atomic E-state index is 11.1. The van der Waals surface area contributed by atoms with E-state index in [1.807, 2.05) is 0 Å². The van der Waals surface area contributed by atoms with Crippen LogP contribution in [0.1, 0.15) is 32.6 Å². The predicted octanol–water partition coefficient (Wildman–Crippen LogP) is 1.14. The van der Waals surface area contributed by atoms with E-state index in [1.54, 1.807) is 0 Å². The lowest BCUT2D eigenvalue weighted by Gasteiger charge is -2.31. The van der Waals surface area contributed by atoms with Gasteiger partial charge in [-0.3, -0.25) is 14.4 Å². The average molecular weight is 258 g/mol. The minimum atomic E-state index is -0.897. The molecule has 0 aromatic heterocycles. The Morgan fingerprint density at radius 3 is 2.33 bits per heavy atom. The number of esters is 1. The van der Waals surface area contributed by atoms with Gasteiger partial charge in [-0.25, -0.2) is 0 Å². The molecule has 0 radical (unpaired) electrons. The number of aliphatic carboxylic acids is 2. The topological polar surface area (TPSA) is 101 Å². The summed E-state index contributed by atoms with van der Waals surface area (Å²) in [5.41, 5.74) is 0. The van der Waals surface area contributed by atoms with Crippen LogP contribution in [0.25, 0.3) is 0 Å². The minimum Gasteiger partial charge on any atom is -0.481 e. The van der Waals surface area contributed by atoms with Gasteiger partial charge in [0, 0.05) is 6.92 Å². The zero-order valence-electron chi connectivity index (χ0n) is 10.3. The number of rotatable bonds is 5. The van der Waals surface area contributed by atoms with Gasteiger partial charge in [0.1, 0.15) is 0 Å². The Labute approximate surface area is 105 Å². The van der Waals surface area contributed by atoms with Gasteiger partial charge in [0.25, 0.3) is 0 Å². The van der Waals surface area contributed by atoms with Crippen LogP contribution in [-0.2, 0) is 19.1 Å². The molecule has 1 saturated carbocycles. The molecule has 1 fully saturated rings. The van der Waals surface area contributed by atoms with Gasteiger partial charge in [-0.1, -0.05) is 0 Å². The van der Waals surface area contributed by atoms with Gasteiger partial charge in [-0.05, 0) is 31.6 Å². The summed E-state index contributed by atoms with van der Waals surface area (Å²) < 4.78 is 4.79. The van der Waals surface area contributed by atoms with Gasteiger partial charge >= 0.3 is 17.9 Å². The molecule has 0 spiro atoms. The van der Waals surface area contributed by atoms with Crippen LogP contribution in [0, 0.1) is 17.8 Å². The first-order valence-electron chi connectivity index (χ1n) is 6.00. The third-order valence-electron chi connectivity index (χ3n) is 3.44. The molecule has 6 nitrogen and oxygen atoms in total. The number of carbonyl (C=O) groups excluding carboxylic acids is 1. The van der Waals surface area contributed by atoms with Crippen LogP contribution in [0.3, 0.4) is 0 Å². The molecule has 1 aliphatic rings. The molecule has 0 aliphatic heterocycles. The summed E-state index contributed by atoms with van der Waals surface area (Å²) >= 11 is 0. The van der Waals surface area contributed by atoms with Crippen LogP contribution in [-0.4, -0.2) is 34.7 Å². The van der Waals surface area contributed by atoms with E-state index in [-0.39, 0.29) is 12.5 Å². The van der Waals surface area contributed by atoms with Gasteiger partial charge in [0.05, 0.1) is 18.4 Å². The van der Waals surface area contributed by atoms with Crippen LogP contribution in [0.15, 0.2) is 0 Å². The van der Waals surface area contributed by atoms with Crippen molar-refractivity contribution in [2.75, 3.05) is 6.61 Å². The molecule has 0 aromatic rings. The molecule has 0 bridgehead atoms. The fraction of sp³-hybridized carbons (Fsp3) is 0.750. The van der Waals surface area contributed by atoms with Crippen LogP contribution in [0.2, 0.25) is 0 Å². The van der Waals surface area contributed by atoms with Crippen LogP contribution in [0.5, 0.6) is 0 Å². The van der Waals surface area contributed by atoms with E-state index < -0.39 is 29.7 Å². The highest BCUT2D eigenvalue weighted by molar-refractivity contribution is 5.73. The normalized spacial score (nSPS) is 27.5. The summed E-state index contributed by atoms with van der Waals surface area (Å²) in [5, 5.41) is 18.0. The van der Waals surface area contributed by atoms with Crippen molar-refractivity contribution in [2.45, 2.75) is 32.6 Å². The van der Waals surface area contributed by atoms with Crippen LogP contribution < -0.4 is 0 Å². The number of hydrogen-bond donors (Lipinski definition) is 2. The predicted molar refractivity (Wildman–Crippen MR) is 60.8 cm³/mol. The second-order valence-electron chi connectivity index (χ2n) is 4.68. The maximum atomic E-state index is 11.1. The van der Waals surface area contributed by atoms with Gasteiger partial charge in [0.15, 0.2) is 0 Å². The van der Waals surface area contributed by atoms with Crippen molar-refractivity contribution < 1.29 is 29.3 Å². The van der Waals surface area contributed by atoms with Gasteiger partial charge in [-0.15, -0.1) is 0 Å². The lowest BCUT2D eigenvalue weighted by Crippen LogP contribution is -2.34. The molecule has 0 saturated heterocycles. The van der Waals surface area contributed by atoms with E-state index in [1.165, 1.54) is 6.92 Å². The van der Waals surface area contributed by atoms with Crippen molar-refractivity contribution in [3.05, 3.63) is 0 Å². The second kappa shape index (κ2) is 6.37. The zero-order valence-corrected chi connectivity index (χ0v) is 10.3.